The summed E-state index contributed by atoms with van der Waals surface area (Å²) in [4.78, 5) is 76.3. The van der Waals surface area contributed by atoms with Crippen LogP contribution in [-0.2, 0) is 51.3 Å². The van der Waals surface area contributed by atoms with Gasteiger partial charge in [-0.2, -0.15) is 0 Å². The predicted molar refractivity (Wildman–Crippen MR) is 221 cm³/mol. The third-order valence-corrected chi connectivity index (χ3v) is 15.2. The Morgan fingerprint density at radius 3 is 2.58 bits per heavy atom. The third kappa shape index (κ3) is 7.93. The minimum Gasteiger partial charge on any atom is -0.481 e. The highest BCUT2D eigenvalue weighted by Crippen LogP contribution is 2.70. The van der Waals surface area contributed by atoms with Crippen LogP contribution in [0.25, 0.3) is 0 Å². The number of carboxylic acids is 1. The number of hydrogen-bond acceptors (Lipinski definition) is 12. The summed E-state index contributed by atoms with van der Waals surface area (Å²) in [5.41, 5.74) is -0.288. The van der Waals surface area contributed by atoms with Gasteiger partial charge in [0.15, 0.2) is 23.5 Å². The molecule has 4 fully saturated rings. The summed E-state index contributed by atoms with van der Waals surface area (Å²) >= 11 is 4.41. The van der Waals surface area contributed by atoms with Crippen LogP contribution >= 0.6 is 27.3 Å². The Bertz CT molecular complexity index is 2140. The molecule has 3 amide bonds. The fourth-order valence-corrected chi connectivity index (χ4v) is 12.1. The van der Waals surface area contributed by atoms with Gasteiger partial charge in [0.05, 0.1) is 35.6 Å². The number of aliphatic hydroxyl groups excluding tert-OH is 3. The van der Waals surface area contributed by atoms with E-state index in [9.17, 15) is 49.2 Å². The van der Waals surface area contributed by atoms with Gasteiger partial charge in [-0.3, -0.25) is 28.8 Å². The second kappa shape index (κ2) is 17.3. The van der Waals surface area contributed by atoms with Gasteiger partial charge < -0.3 is 45.9 Å². The van der Waals surface area contributed by atoms with Crippen molar-refractivity contribution in [3.8, 4) is 0 Å². The molecule has 1 aromatic heterocycles. The number of nitrogens with one attached hydrogen (secondary N) is 3. The second-order valence-corrected chi connectivity index (χ2v) is 18.7. The first-order valence-corrected chi connectivity index (χ1v) is 22.1. The molecule has 1 aliphatic heterocycles. The van der Waals surface area contributed by atoms with Crippen LogP contribution in [0.2, 0.25) is 0 Å². The molecule has 15 nitrogen and oxygen atoms in total. The number of Topliss-reactive ketones (excluding diaryl/α,β-unsaturated/α-hetero) is 1. The third-order valence-electron chi connectivity index (χ3n) is 13.6. The molecule has 322 valence electrons. The minimum atomic E-state index is -1.47. The van der Waals surface area contributed by atoms with Crippen molar-refractivity contribution in [2.24, 2.45) is 28.6 Å². The molecule has 0 radical (unpaired) electrons. The number of ether oxygens (including phenoxy) is 2. The highest BCUT2D eigenvalue weighted by molar-refractivity contribution is 9.09. The largest absolute Gasteiger partial charge is 0.481 e. The van der Waals surface area contributed by atoms with Crippen molar-refractivity contribution in [2.75, 3.05) is 23.8 Å². The van der Waals surface area contributed by atoms with E-state index in [1.165, 1.54) is 11.3 Å². The number of rotatable bonds is 15. The molecule has 0 spiro atoms. The number of carbonyl (C=O) groups is 6. The zero-order valence-corrected chi connectivity index (χ0v) is 35.7. The van der Waals surface area contributed by atoms with E-state index in [1.807, 2.05) is 25.1 Å². The number of fused-ring (bicyclic) bond motifs is 7. The summed E-state index contributed by atoms with van der Waals surface area (Å²) in [6.45, 7) is 2.52. The number of aliphatic hydroxyl groups is 3. The number of anilines is 1. The van der Waals surface area contributed by atoms with Gasteiger partial charge in [0.25, 0.3) is 0 Å². The van der Waals surface area contributed by atoms with Gasteiger partial charge in [0.2, 0.25) is 17.7 Å². The Balaban J connectivity index is 1.04. The quantitative estimate of drug-likeness (QED) is 0.128. The Hall–Kier alpha value is -4.10. The molecular formula is C43H50BrN3O12S. The molecular weight excluding hydrogens is 862 g/mol. The Labute approximate surface area is 359 Å². The molecule has 60 heavy (non-hydrogen) atoms. The molecule has 1 aromatic carbocycles. The summed E-state index contributed by atoms with van der Waals surface area (Å²) in [6.07, 6.45) is 5.02. The van der Waals surface area contributed by atoms with E-state index in [1.54, 1.807) is 30.4 Å². The number of allylic oxidation sites excluding steroid dienone is 4. The van der Waals surface area contributed by atoms with Gasteiger partial charge >= 0.3 is 5.97 Å². The number of aliphatic carboxylic acids is 1. The van der Waals surface area contributed by atoms with Crippen LogP contribution in [0.3, 0.4) is 0 Å². The van der Waals surface area contributed by atoms with E-state index in [2.05, 4.69) is 38.8 Å². The fourth-order valence-electron chi connectivity index (χ4n) is 10.9. The normalized spacial score (nSPS) is 31.8. The monoisotopic (exact) mass is 911 g/mol. The highest BCUT2D eigenvalue weighted by atomic mass is 79.9. The lowest BCUT2D eigenvalue weighted by Crippen LogP contribution is -2.63. The molecule has 2 heterocycles. The molecule has 0 unspecified atom stereocenters. The summed E-state index contributed by atoms with van der Waals surface area (Å²) in [5, 5.41) is 49.2. The topological polar surface area (TPSA) is 238 Å². The smallest absolute Gasteiger partial charge is 0.303 e. The Morgan fingerprint density at radius 2 is 1.87 bits per heavy atom. The van der Waals surface area contributed by atoms with E-state index in [0.717, 1.165) is 27.3 Å². The van der Waals surface area contributed by atoms with Crippen LogP contribution in [0.4, 0.5) is 5.69 Å². The molecule has 0 bridgehead atoms. The van der Waals surface area contributed by atoms with Crippen molar-refractivity contribution < 1.29 is 58.7 Å². The predicted octanol–water partition coefficient (Wildman–Crippen LogP) is 3.23. The number of halogens is 1. The first-order valence-electron chi connectivity index (χ1n) is 20.1. The summed E-state index contributed by atoms with van der Waals surface area (Å²) in [7, 11) is 0. The van der Waals surface area contributed by atoms with Crippen LogP contribution in [-0.4, -0.2) is 98.0 Å². The number of alkyl halides is 1. The maximum Gasteiger partial charge on any atom is 0.303 e. The first kappa shape index (κ1) is 44.0. The average Bonchev–Trinajstić information content (AvgIpc) is 3.91. The molecule has 10 atom stereocenters. The summed E-state index contributed by atoms with van der Waals surface area (Å²) in [6, 6.07) is 7.67. The van der Waals surface area contributed by atoms with Crippen LogP contribution in [0.15, 0.2) is 54.1 Å². The number of hydrogen-bond donors (Lipinski definition) is 7. The van der Waals surface area contributed by atoms with E-state index in [0.29, 0.717) is 24.8 Å². The van der Waals surface area contributed by atoms with Crippen molar-refractivity contribution in [2.45, 2.75) is 95.5 Å². The molecule has 2 aromatic rings. The van der Waals surface area contributed by atoms with Gasteiger partial charge in [0, 0.05) is 45.7 Å². The van der Waals surface area contributed by atoms with Crippen molar-refractivity contribution >= 4 is 68.2 Å². The van der Waals surface area contributed by atoms with Crippen LogP contribution in [0.5, 0.6) is 0 Å². The lowest BCUT2D eigenvalue weighted by Gasteiger charge is -2.59. The number of amides is 3. The molecule has 7 N–H and O–H groups in total. The first-order chi connectivity index (χ1) is 28.6. The number of carboxylic acid groups (broad SMARTS) is 1. The van der Waals surface area contributed by atoms with E-state index in [-0.39, 0.29) is 47.4 Å². The maximum absolute atomic E-state index is 14.0. The van der Waals surface area contributed by atoms with Crippen LogP contribution < -0.4 is 16.0 Å². The average molecular weight is 913 g/mol. The van der Waals surface area contributed by atoms with Crippen molar-refractivity contribution in [1.82, 2.24) is 10.6 Å². The fraction of sp³-hybridized carbons (Fsp3) is 0.535. The SMILES string of the molecule is C[C@]12C=CC(=O)C=C1CC[C@@H]1[C@@H]2[C@@H](O)C[C@@]2(C)[C@H]1C[C@H]1O[C@@H](c3ccc(Cc4ccc(NC(=O)[C@H](CCC(=O)O)NC(=O)CNC(=O)CBr)c(CO)c4)s3)O[C@]12C(=O)CO. The second-order valence-electron chi connectivity index (χ2n) is 16.9. The van der Waals surface area contributed by atoms with Gasteiger partial charge in [-0.15, -0.1) is 11.3 Å². The zero-order valence-electron chi connectivity index (χ0n) is 33.3. The van der Waals surface area contributed by atoms with E-state index >= 15 is 0 Å². The number of benzene rings is 1. The van der Waals surface area contributed by atoms with E-state index in [4.69, 9.17) is 9.47 Å². The number of ketones is 2. The Morgan fingerprint density at radius 1 is 1.08 bits per heavy atom. The van der Waals surface area contributed by atoms with Crippen LogP contribution in [0, 0.1) is 28.6 Å². The molecule has 7 rings (SSSR count). The molecule has 4 aliphatic carbocycles. The number of carbonyl (C=O) groups excluding carboxylic acids is 5. The van der Waals surface area contributed by atoms with Gasteiger partial charge in [-0.05, 0) is 79.9 Å². The van der Waals surface area contributed by atoms with Crippen molar-refractivity contribution in [1.29, 1.82) is 0 Å². The molecule has 1 saturated heterocycles. The summed E-state index contributed by atoms with van der Waals surface area (Å²) < 4.78 is 13.4. The lowest BCUT2D eigenvalue weighted by atomic mass is 9.46. The van der Waals surface area contributed by atoms with Crippen LogP contribution in [0.1, 0.15) is 79.5 Å². The maximum atomic E-state index is 14.0. The van der Waals surface area contributed by atoms with Crippen molar-refractivity contribution in [3.05, 3.63) is 75.0 Å². The lowest BCUT2D eigenvalue weighted by molar-refractivity contribution is -0.200. The van der Waals surface area contributed by atoms with Gasteiger partial charge in [-0.1, -0.05) is 53.6 Å². The summed E-state index contributed by atoms with van der Waals surface area (Å²) in [5.74, 6) is -3.62. The molecule has 17 heteroatoms. The van der Waals surface area contributed by atoms with E-state index < -0.39 is 96.6 Å². The van der Waals surface area contributed by atoms with Gasteiger partial charge in [0.1, 0.15) is 12.6 Å². The highest BCUT2D eigenvalue weighted by Gasteiger charge is 2.76. The minimum absolute atomic E-state index is 0.0216. The molecule has 5 aliphatic rings. The standard InChI is InChI=1S/C43H50BrN3O12S/c1-41-12-11-25(50)15-24(41)4-6-27-28-16-34-43(33(52)21-49,42(28,2)17-31(51)38(27)41)59-40(58-34)32-9-5-26(60-32)14-22-3-7-29(23(13-22)20-48)47-39(57)30(8-10-37(55)56)46-36(54)19-45-35(53)18-44/h3,5,7,9,11-13,15,27-28,30-31,34,38,40,48-49,51H,4,6,8,10,14,16-21H2,1-2H3,(H,45,53)(H,46,54)(H,47,57)(H,55,56)/t27-,28-,30-,31-,34+,38+,40+,41-,42-,43+/m0/s1. The molecule has 3 saturated carbocycles. The van der Waals surface area contributed by atoms with Gasteiger partial charge in [-0.25, -0.2) is 0 Å². The Kier molecular flexibility index (Phi) is 12.7. The zero-order chi connectivity index (χ0) is 43.1. The number of thiophene rings is 1. The van der Waals surface area contributed by atoms with Crippen molar-refractivity contribution in [3.63, 3.8) is 0 Å².